The summed E-state index contributed by atoms with van der Waals surface area (Å²) in [6, 6.07) is 12.4. The van der Waals surface area contributed by atoms with Crippen LogP contribution in [0.3, 0.4) is 0 Å². The monoisotopic (exact) mass is 395 g/mol. The summed E-state index contributed by atoms with van der Waals surface area (Å²) in [4.78, 5) is 4.17. The number of hydrogen-bond acceptors (Lipinski definition) is 3. The molecule has 0 bridgehead atoms. The van der Waals surface area contributed by atoms with E-state index < -0.39 is 12.8 Å². The summed E-state index contributed by atoms with van der Waals surface area (Å²) in [5.74, 6) is 1.58. The van der Waals surface area contributed by atoms with Gasteiger partial charge in [-0.2, -0.15) is 13.2 Å². The quantitative estimate of drug-likeness (QED) is 0.553. The van der Waals surface area contributed by atoms with Crippen molar-refractivity contribution < 1.29 is 22.6 Å². The highest BCUT2D eigenvalue weighted by atomic mass is 19.4. The lowest BCUT2D eigenvalue weighted by molar-refractivity contribution is -0.153. The van der Waals surface area contributed by atoms with Gasteiger partial charge in [0.25, 0.3) is 0 Å². The molecule has 0 heterocycles. The van der Waals surface area contributed by atoms with Gasteiger partial charge in [0.15, 0.2) is 12.6 Å². The number of nitrogens with one attached hydrogen (secondary N) is 2. The van der Waals surface area contributed by atoms with Gasteiger partial charge in [0.05, 0.1) is 7.11 Å². The fraction of sp³-hybridized carbons (Fsp3) is 0.350. The number of ether oxygens (including phenoxy) is 2. The van der Waals surface area contributed by atoms with Crippen molar-refractivity contribution in [1.82, 2.24) is 10.6 Å². The number of aliphatic imine (C=N–C) groups is 1. The van der Waals surface area contributed by atoms with Gasteiger partial charge in [0.2, 0.25) is 0 Å². The number of guanidine groups is 1. The Kier molecular flexibility index (Phi) is 7.54. The predicted molar refractivity (Wildman–Crippen MR) is 103 cm³/mol. The predicted octanol–water partition coefficient (Wildman–Crippen LogP) is 3.81. The summed E-state index contributed by atoms with van der Waals surface area (Å²) in [5, 5.41) is 6.37. The molecule has 0 unspecified atom stereocenters. The Hall–Kier alpha value is -2.90. The highest BCUT2D eigenvalue weighted by Crippen LogP contribution is 2.20. The van der Waals surface area contributed by atoms with E-state index in [2.05, 4.69) is 15.6 Å². The van der Waals surface area contributed by atoms with E-state index in [0.29, 0.717) is 19.0 Å². The summed E-state index contributed by atoms with van der Waals surface area (Å²) in [7, 11) is 3.29. The lowest BCUT2D eigenvalue weighted by Gasteiger charge is -2.14. The van der Waals surface area contributed by atoms with Gasteiger partial charge >= 0.3 is 6.18 Å². The van der Waals surface area contributed by atoms with Crippen molar-refractivity contribution in [1.29, 1.82) is 0 Å². The van der Waals surface area contributed by atoms with Crippen LogP contribution in [0.25, 0.3) is 0 Å². The van der Waals surface area contributed by atoms with Gasteiger partial charge in [0.1, 0.15) is 11.5 Å². The first kappa shape index (κ1) is 21.4. The number of nitrogens with zero attached hydrogens (tertiary/aromatic N) is 1. The molecule has 28 heavy (non-hydrogen) atoms. The lowest BCUT2D eigenvalue weighted by atomic mass is 10.1. The third kappa shape index (κ3) is 7.02. The van der Waals surface area contributed by atoms with Crippen LogP contribution < -0.4 is 20.1 Å². The maximum atomic E-state index is 12.2. The smallest absolute Gasteiger partial charge is 0.422 e. The van der Waals surface area contributed by atoms with Crippen LogP contribution >= 0.6 is 0 Å². The second-order valence-electron chi connectivity index (χ2n) is 6.14. The Morgan fingerprint density at radius 3 is 2.32 bits per heavy atom. The fourth-order valence-electron chi connectivity index (χ4n) is 2.45. The number of aryl methyl sites for hydroxylation is 1. The normalized spacial score (nSPS) is 11.9. The molecular formula is C20H24F3N3O2. The molecule has 5 nitrogen and oxygen atoms in total. The van der Waals surface area contributed by atoms with Crippen LogP contribution in [-0.2, 0) is 13.1 Å². The Balaban J connectivity index is 1.85. The van der Waals surface area contributed by atoms with Gasteiger partial charge in [0, 0.05) is 25.7 Å². The molecular weight excluding hydrogens is 371 g/mol. The standard InChI is InChI=1S/C20H24F3N3O2/c1-14-4-7-16(18(10-14)27-3)12-26-19(24-2)25-11-15-5-8-17(9-6-15)28-13-20(21,22)23/h4-10H,11-13H2,1-3H3,(H2,24,25,26). The summed E-state index contributed by atoms with van der Waals surface area (Å²) >= 11 is 0. The van der Waals surface area contributed by atoms with Crippen molar-refractivity contribution in [3.63, 3.8) is 0 Å². The van der Waals surface area contributed by atoms with E-state index in [9.17, 15) is 13.2 Å². The van der Waals surface area contributed by atoms with E-state index in [4.69, 9.17) is 9.47 Å². The molecule has 0 atom stereocenters. The van der Waals surface area contributed by atoms with E-state index in [1.54, 1.807) is 26.3 Å². The van der Waals surface area contributed by atoms with Gasteiger partial charge in [-0.05, 0) is 36.2 Å². The SMILES string of the molecule is CN=C(NCc1ccc(OCC(F)(F)F)cc1)NCc1ccc(C)cc1OC. The maximum absolute atomic E-state index is 12.2. The van der Waals surface area contributed by atoms with Crippen molar-refractivity contribution in [2.45, 2.75) is 26.2 Å². The molecule has 2 N–H and O–H groups in total. The number of rotatable bonds is 7. The Morgan fingerprint density at radius 2 is 1.71 bits per heavy atom. The highest BCUT2D eigenvalue weighted by molar-refractivity contribution is 5.79. The molecule has 0 amide bonds. The first-order valence-corrected chi connectivity index (χ1v) is 8.67. The van der Waals surface area contributed by atoms with Gasteiger partial charge in [-0.15, -0.1) is 0 Å². The van der Waals surface area contributed by atoms with Crippen molar-refractivity contribution >= 4 is 5.96 Å². The third-order valence-electron chi connectivity index (χ3n) is 3.90. The first-order valence-electron chi connectivity index (χ1n) is 8.67. The first-order chi connectivity index (χ1) is 13.3. The van der Waals surface area contributed by atoms with Gasteiger partial charge < -0.3 is 20.1 Å². The molecule has 2 rings (SSSR count). The topological polar surface area (TPSA) is 54.9 Å². The fourth-order valence-corrected chi connectivity index (χ4v) is 2.45. The number of halogens is 3. The Labute approximate surface area is 162 Å². The zero-order valence-electron chi connectivity index (χ0n) is 16.1. The summed E-state index contributed by atoms with van der Waals surface area (Å²) in [5.41, 5.74) is 3.00. The molecule has 0 aliphatic carbocycles. The molecule has 0 aromatic heterocycles. The molecule has 152 valence electrons. The Bertz CT molecular complexity index is 790. The highest BCUT2D eigenvalue weighted by Gasteiger charge is 2.28. The zero-order valence-corrected chi connectivity index (χ0v) is 16.1. The van der Waals surface area contributed by atoms with Crippen LogP contribution in [0, 0.1) is 6.92 Å². The minimum atomic E-state index is -4.35. The van der Waals surface area contributed by atoms with E-state index in [0.717, 1.165) is 22.4 Å². The summed E-state index contributed by atoms with van der Waals surface area (Å²) in [6.07, 6.45) is -4.35. The van der Waals surface area contributed by atoms with Crippen LogP contribution in [0.2, 0.25) is 0 Å². The summed E-state index contributed by atoms with van der Waals surface area (Å²) < 4.78 is 46.6. The van der Waals surface area contributed by atoms with Crippen molar-refractivity contribution in [2.24, 2.45) is 4.99 Å². The second-order valence-corrected chi connectivity index (χ2v) is 6.14. The number of hydrogen-bond donors (Lipinski definition) is 2. The maximum Gasteiger partial charge on any atom is 0.422 e. The molecule has 0 radical (unpaired) electrons. The molecule has 8 heteroatoms. The van der Waals surface area contributed by atoms with Crippen molar-refractivity contribution in [3.8, 4) is 11.5 Å². The molecule has 2 aromatic carbocycles. The van der Waals surface area contributed by atoms with Crippen LogP contribution in [0.15, 0.2) is 47.5 Å². The number of alkyl halides is 3. The largest absolute Gasteiger partial charge is 0.496 e. The molecule has 0 saturated carbocycles. The minimum absolute atomic E-state index is 0.176. The minimum Gasteiger partial charge on any atom is -0.496 e. The van der Waals surface area contributed by atoms with E-state index >= 15 is 0 Å². The van der Waals surface area contributed by atoms with Crippen molar-refractivity contribution in [3.05, 3.63) is 59.2 Å². The molecule has 0 spiro atoms. The Morgan fingerprint density at radius 1 is 1.04 bits per heavy atom. The van der Waals surface area contributed by atoms with Gasteiger partial charge in [-0.3, -0.25) is 4.99 Å². The number of methoxy groups -OCH3 is 1. The van der Waals surface area contributed by atoms with E-state index in [-0.39, 0.29) is 5.75 Å². The molecule has 0 saturated heterocycles. The van der Waals surface area contributed by atoms with E-state index in [1.165, 1.54) is 12.1 Å². The summed E-state index contributed by atoms with van der Waals surface area (Å²) in [6.45, 7) is 1.70. The third-order valence-corrected chi connectivity index (χ3v) is 3.90. The van der Waals surface area contributed by atoms with E-state index in [1.807, 2.05) is 25.1 Å². The van der Waals surface area contributed by atoms with Crippen LogP contribution in [-0.4, -0.2) is 32.9 Å². The lowest BCUT2D eigenvalue weighted by Crippen LogP contribution is -2.36. The van der Waals surface area contributed by atoms with Gasteiger partial charge in [-0.25, -0.2) is 0 Å². The average molecular weight is 395 g/mol. The van der Waals surface area contributed by atoms with Crippen LogP contribution in [0.5, 0.6) is 11.5 Å². The van der Waals surface area contributed by atoms with Crippen molar-refractivity contribution in [2.75, 3.05) is 20.8 Å². The average Bonchev–Trinajstić information content (AvgIpc) is 2.67. The molecule has 2 aromatic rings. The van der Waals surface area contributed by atoms with Gasteiger partial charge in [-0.1, -0.05) is 24.3 Å². The van der Waals surface area contributed by atoms with Crippen LogP contribution in [0.1, 0.15) is 16.7 Å². The molecule has 0 aliphatic rings. The van der Waals surface area contributed by atoms with Crippen LogP contribution in [0.4, 0.5) is 13.2 Å². The number of benzene rings is 2. The molecule has 0 aliphatic heterocycles. The molecule has 0 fully saturated rings. The second kappa shape index (κ2) is 9.87. The zero-order chi connectivity index (χ0) is 20.6.